The van der Waals surface area contributed by atoms with Gasteiger partial charge in [0.15, 0.2) is 10.3 Å². The monoisotopic (exact) mass is 696 g/mol. The maximum atomic E-state index is 14.5. The highest BCUT2D eigenvalue weighted by molar-refractivity contribution is 7.14. The van der Waals surface area contributed by atoms with Crippen LogP contribution in [0.4, 0.5) is 56.8 Å². The average Bonchev–Trinajstić information content (AvgIpc) is 3.67. The maximum absolute atomic E-state index is 14.5. The van der Waals surface area contributed by atoms with Gasteiger partial charge in [0, 0.05) is 46.2 Å². The first kappa shape index (κ1) is 33.8. The molecule has 0 spiro atoms. The molecule has 12 nitrogen and oxygen atoms in total. The highest BCUT2D eigenvalue weighted by Gasteiger charge is 2.84. The summed E-state index contributed by atoms with van der Waals surface area (Å²) in [5, 5.41) is 24.2. The number of alkyl halides is 8. The summed E-state index contributed by atoms with van der Waals surface area (Å²) < 4.78 is 116. The molecule has 2 aromatic carbocycles. The maximum Gasteiger partial charge on any atom is 0.393 e. The molecule has 4 rings (SSSR count). The number of nitrogens with zero attached hydrogens (tertiary/aromatic N) is 4. The van der Waals surface area contributed by atoms with E-state index < -0.39 is 55.6 Å². The van der Waals surface area contributed by atoms with Gasteiger partial charge >= 0.3 is 35.5 Å². The summed E-state index contributed by atoms with van der Waals surface area (Å²) in [5.74, 6) is -33.7. The fourth-order valence-corrected chi connectivity index (χ4v) is 4.90. The van der Waals surface area contributed by atoms with Gasteiger partial charge in [0.05, 0.1) is 21.2 Å². The Morgan fingerprint density at radius 1 is 0.609 bits per heavy atom. The van der Waals surface area contributed by atoms with Gasteiger partial charge in [-0.2, -0.15) is 35.1 Å². The Morgan fingerprint density at radius 3 is 1.20 bits per heavy atom. The van der Waals surface area contributed by atoms with Crippen LogP contribution in [0.2, 0.25) is 0 Å². The van der Waals surface area contributed by atoms with Crippen molar-refractivity contribution >= 4 is 56.1 Å². The highest BCUT2D eigenvalue weighted by atomic mass is 32.1. The van der Waals surface area contributed by atoms with E-state index in [0.717, 1.165) is 69.9 Å². The number of rotatable bonds is 11. The minimum Gasteiger partial charge on any atom is -0.296 e. The third-order valence-corrected chi connectivity index (χ3v) is 7.47. The molecule has 0 aliphatic carbocycles. The lowest BCUT2D eigenvalue weighted by molar-refractivity contribution is -0.385. The summed E-state index contributed by atoms with van der Waals surface area (Å²) in [6, 6.07) is 8.79. The highest BCUT2D eigenvalue weighted by Crippen LogP contribution is 2.53. The number of thiazole rings is 2. The molecular weight excluding hydrogens is 684 g/mol. The number of hydrogen-bond acceptors (Lipinski definition) is 10. The van der Waals surface area contributed by atoms with Gasteiger partial charge in [-0.25, -0.2) is 9.97 Å². The molecule has 0 saturated carbocycles. The first-order valence-electron chi connectivity index (χ1n) is 11.8. The van der Waals surface area contributed by atoms with E-state index in [0.29, 0.717) is 22.7 Å². The minimum absolute atomic E-state index is 0.113. The molecule has 0 unspecified atom stereocenters. The summed E-state index contributed by atoms with van der Waals surface area (Å²) in [5.41, 5.74) is -0.622. The minimum atomic E-state index is -7.16. The Labute approximate surface area is 257 Å². The summed E-state index contributed by atoms with van der Waals surface area (Å²) in [6.07, 6.45) is 0. The van der Waals surface area contributed by atoms with E-state index in [1.54, 1.807) is 0 Å². The van der Waals surface area contributed by atoms with Gasteiger partial charge in [0.2, 0.25) is 0 Å². The Morgan fingerprint density at radius 2 is 0.913 bits per heavy atom. The molecule has 2 aromatic heterocycles. The number of anilines is 2. The molecule has 46 heavy (non-hydrogen) atoms. The molecule has 2 amide bonds. The number of hydrogen-bond donors (Lipinski definition) is 2. The predicted molar refractivity (Wildman–Crippen MR) is 145 cm³/mol. The average molecular weight is 697 g/mol. The number of benzene rings is 2. The molecule has 0 bridgehead atoms. The van der Waals surface area contributed by atoms with Crippen LogP contribution in [0.3, 0.4) is 0 Å². The number of non-ortho nitro benzene ring substituents is 2. The second-order valence-corrected chi connectivity index (χ2v) is 10.6. The smallest absolute Gasteiger partial charge is 0.296 e. The lowest BCUT2D eigenvalue weighted by Crippen LogP contribution is -2.67. The second kappa shape index (κ2) is 12.0. The Kier molecular flexibility index (Phi) is 8.81. The third kappa shape index (κ3) is 6.07. The number of nitrogens with one attached hydrogen (secondary N) is 2. The van der Waals surface area contributed by atoms with Crippen molar-refractivity contribution in [3.8, 4) is 22.5 Å². The number of carbonyl (C=O) groups is 2. The van der Waals surface area contributed by atoms with Crippen LogP contribution in [0.25, 0.3) is 22.5 Å². The first-order chi connectivity index (χ1) is 21.3. The van der Waals surface area contributed by atoms with Crippen LogP contribution in [0, 0.1) is 20.2 Å². The second-order valence-electron chi connectivity index (χ2n) is 8.89. The molecule has 0 aliphatic rings. The molecule has 2 N–H and O–H groups in total. The van der Waals surface area contributed by atoms with E-state index in [4.69, 9.17) is 0 Å². The van der Waals surface area contributed by atoms with Gasteiger partial charge in [0.25, 0.3) is 11.4 Å². The number of aromatic nitrogens is 2. The van der Waals surface area contributed by atoms with Gasteiger partial charge in [-0.05, 0) is 24.3 Å². The van der Waals surface area contributed by atoms with Gasteiger partial charge in [0.1, 0.15) is 0 Å². The SMILES string of the molecule is O=C(Nc1nc(-c2ccc([N+](=O)[O-])cc2)cs1)C(F)(F)C(F)(F)C(F)(F)C(F)(F)C(=O)Nc1nc(-c2ccc([N+](=O)[O-])cc2)cs1. The third-order valence-electron chi connectivity index (χ3n) is 5.95. The Bertz CT molecular complexity index is 1680. The van der Waals surface area contributed by atoms with Crippen molar-refractivity contribution in [3.63, 3.8) is 0 Å². The van der Waals surface area contributed by atoms with Gasteiger partial charge < -0.3 is 0 Å². The van der Waals surface area contributed by atoms with Crippen molar-refractivity contribution in [1.82, 2.24) is 9.97 Å². The van der Waals surface area contributed by atoms with Crippen LogP contribution in [0.1, 0.15) is 0 Å². The summed E-state index contributed by atoms with van der Waals surface area (Å²) in [7, 11) is 0. The lowest BCUT2D eigenvalue weighted by Gasteiger charge is -2.35. The van der Waals surface area contributed by atoms with Crippen molar-refractivity contribution < 1.29 is 54.6 Å². The molecule has 0 fully saturated rings. The predicted octanol–water partition coefficient (Wildman–Crippen LogP) is 6.87. The van der Waals surface area contributed by atoms with Crippen molar-refractivity contribution in [3.05, 3.63) is 79.5 Å². The molecule has 0 saturated heterocycles. The summed E-state index contributed by atoms with van der Waals surface area (Å²) in [6.45, 7) is 0. The normalized spacial score (nSPS) is 12.4. The molecule has 22 heteroatoms. The van der Waals surface area contributed by atoms with Crippen LogP contribution >= 0.6 is 22.7 Å². The van der Waals surface area contributed by atoms with E-state index in [-0.39, 0.29) is 33.9 Å². The van der Waals surface area contributed by atoms with Crippen molar-refractivity contribution in [1.29, 1.82) is 0 Å². The number of nitro groups is 2. The molecule has 2 heterocycles. The number of amides is 2. The topological polar surface area (TPSA) is 170 Å². The van der Waals surface area contributed by atoms with Crippen molar-refractivity contribution in [2.45, 2.75) is 23.7 Å². The quantitative estimate of drug-likeness (QED) is 0.0972. The standard InChI is InChI=1S/C24H12F8N6O6S2/c25-21(26,17(39)35-19-33-15(9-45-19)11-1-5-13(6-2-11)37(41)42)23(29,30)24(31,32)22(27,28)18(40)36-20-34-16(10-46-20)12-3-7-14(8-4-12)38(43)44/h1-10H,(H,33,35,39)(H,34,36,40). The van der Waals surface area contributed by atoms with E-state index >= 15 is 0 Å². The number of nitro benzene ring substituents is 2. The molecule has 0 aliphatic heterocycles. The largest absolute Gasteiger partial charge is 0.393 e. The van der Waals surface area contributed by atoms with Crippen LogP contribution in [-0.4, -0.2) is 55.3 Å². The van der Waals surface area contributed by atoms with E-state index in [2.05, 4.69) is 9.97 Å². The molecule has 0 radical (unpaired) electrons. The van der Waals surface area contributed by atoms with Crippen LogP contribution < -0.4 is 10.6 Å². The van der Waals surface area contributed by atoms with Gasteiger partial charge in [-0.15, -0.1) is 22.7 Å². The van der Waals surface area contributed by atoms with E-state index in [1.807, 2.05) is 0 Å². The molecule has 0 atom stereocenters. The summed E-state index contributed by atoms with van der Waals surface area (Å²) >= 11 is 0.681. The van der Waals surface area contributed by atoms with Crippen LogP contribution in [-0.2, 0) is 9.59 Å². The fourth-order valence-electron chi connectivity index (χ4n) is 3.47. The zero-order valence-corrected chi connectivity index (χ0v) is 23.5. The zero-order chi connectivity index (χ0) is 34.2. The van der Waals surface area contributed by atoms with Crippen molar-refractivity contribution in [2.24, 2.45) is 0 Å². The fraction of sp³-hybridized carbons (Fsp3) is 0.167. The van der Waals surface area contributed by atoms with Gasteiger partial charge in [-0.1, -0.05) is 0 Å². The van der Waals surface area contributed by atoms with Crippen molar-refractivity contribution in [2.75, 3.05) is 10.6 Å². The van der Waals surface area contributed by atoms with Crippen LogP contribution in [0.5, 0.6) is 0 Å². The van der Waals surface area contributed by atoms with Crippen LogP contribution in [0.15, 0.2) is 59.3 Å². The zero-order valence-electron chi connectivity index (χ0n) is 21.9. The van der Waals surface area contributed by atoms with Gasteiger partial charge in [-0.3, -0.25) is 40.5 Å². The molecular formula is C24H12F8N6O6S2. The van der Waals surface area contributed by atoms with E-state index in [9.17, 15) is 64.9 Å². The van der Waals surface area contributed by atoms with E-state index in [1.165, 1.54) is 0 Å². The summed E-state index contributed by atoms with van der Waals surface area (Å²) in [4.78, 5) is 51.3. The molecule has 4 aromatic rings. The lowest BCUT2D eigenvalue weighted by atomic mass is 9.97. The first-order valence-corrected chi connectivity index (χ1v) is 13.6. The molecule has 242 valence electrons. The Balaban J connectivity index is 1.48. The number of halogens is 8. The number of carbonyl (C=O) groups excluding carboxylic acids is 2. The Hall–Kier alpha value is -5.12.